The van der Waals surface area contributed by atoms with Gasteiger partial charge in [0.1, 0.15) is 0 Å². The molecule has 1 N–H and O–H groups in total. The van der Waals surface area contributed by atoms with E-state index in [1.165, 1.54) is 11.4 Å². The minimum Gasteiger partial charge on any atom is -0.378 e. The van der Waals surface area contributed by atoms with Crippen molar-refractivity contribution in [2.75, 3.05) is 43.5 Å². The first-order chi connectivity index (χ1) is 7.98. The second-order valence-corrected chi connectivity index (χ2v) is 5.64. The summed E-state index contributed by atoms with van der Waals surface area (Å²) in [5, 5.41) is 3.54. The predicted octanol–water partition coefficient (Wildman–Crippen LogP) is 1.94. The molecule has 1 aliphatic heterocycles. The van der Waals surface area contributed by atoms with E-state index in [1.807, 2.05) is 0 Å². The van der Waals surface area contributed by atoms with E-state index in [1.54, 1.807) is 0 Å². The maximum absolute atomic E-state index is 3.54. The summed E-state index contributed by atoms with van der Waals surface area (Å²) in [6.07, 6.45) is 0. The molecule has 0 unspecified atom stereocenters. The van der Waals surface area contributed by atoms with Gasteiger partial charge in [-0.2, -0.15) is 0 Å². The van der Waals surface area contributed by atoms with Gasteiger partial charge in [-0.05, 0) is 38.1 Å². The van der Waals surface area contributed by atoms with Gasteiger partial charge in [0.05, 0.1) is 0 Å². The van der Waals surface area contributed by atoms with Crippen LogP contribution >= 0.6 is 0 Å². The lowest BCUT2D eigenvalue weighted by atomic mass is 10.0. The largest absolute Gasteiger partial charge is 0.378 e. The fourth-order valence-electron chi connectivity index (χ4n) is 2.32. The van der Waals surface area contributed by atoms with Crippen LogP contribution in [0.1, 0.15) is 13.8 Å². The normalized spacial score (nSPS) is 19.2. The standard InChI is InChI=1S/C14H23N3/c1-14(2)11-17(10-9-15-14)13-7-5-12(6-8-13)16(3)4/h5-8,15H,9-11H2,1-4H3. The highest BCUT2D eigenvalue weighted by Gasteiger charge is 2.25. The molecular weight excluding hydrogens is 210 g/mol. The monoisotopic (exact) mass is 233 g/mol. The van der Waals surface area contributed by atoms with E-state index in [0.717, 1.165) is 19.6 Å². The van der Waals surface area contributed by atoms with Crippen LogP contribution in [-0.2, 0) is 0 Å². The summed E-state index contributed by atoms with van der Waals surface area (Å²) in [6, 6.07) is 8.81. The highest BCUT2D eigenvalue weighted by molar-refractivity contribution is 5.56. The van der Waals surface area contributed by atoms with Crippen molar-refractivity contribution in [1.82, 2.24) is 5.32 Å². The third-order valence-electron chi connectivity index (χ3n) is 3.30. The van der Waals surface area contributed by atoms with Crippen molar-refractivity contribution in [2.24, 2.45) is 0 Å². The van der Waals surface area contributed by atoms with Crippen molar-refractivity contribution >= 4 is 11.4 Å². The quantitative estimate of drug-likeness (QED) is 0.842. The topological polar surface area (TPSA) is 18.5 Å². The second-order valence-electron chi connectivity index (χ2n) is 5.64. The second kappa shape index (κ2) is 4.57. The van der Waals surface area contributed by atoms with E-state index in [0.29, 0.717) is 0 Å². The van der Waals surface area contributed by atoms with Crippen molar-refractivity contribution in [1.29, 1.82) is 0 Å². The molecule has 1 fully saturated rings. The molecule has 0 radical (unpaired) electrons. The molecule has 1 saturated heterocycles. The van der Waals surface area contributed by atoms with Gasteiger partial charge in [0.25, 0.3) is 0 Å². The zero-order valence-corrected chi connectivity index (χ0v) is 11.3. The molecule has 0 bridgehead atoms. The molecule has 0 spiro atoms. The summed E-state index contributed by atoms with van der Waals surface area (Å²) in [6.45, 7) is 7.72. The van der Waals surface area contributed by atoms with Gasteiger partial charge in [0, 0.05) is 50.6 Å². The molecule has 1 heterocycles. The molecule has 3 nitrogen and oxygen atoms in total. The summed E-state index contributed by atoms with van der Waals surface area (Å²) >= 11 is 0. The van der Waals surface area contributed by atoms with E-state index >= 15 is 0 Å². The van der Waals surface area contributed by atoms with Crippen LogP contribution in [0, 0.1) is 0 Å². The van der Waals surface area contributed by atoms with E-state index in [2.05, 4.69) is 67.3 Å². The summed E-state index contributed by atoms with van der Waals surface area (Å²) in [5.41, 5.74) is 2.78. The van der Waals surface area contributed by atoms with Gasteiger partial charge in [-0.1, -0.05) is 0 Å². The molecule has 17 heavy (non-hydrogen) atoms. The van der Waals surface area contributed by atoms with Crippen molar-refractivity contribution in [3.05, 3.63) is 24.3 Å². The summed E-state index contributed by atoms with van der Waals surface area (Å²) < 4.78 is 0. The Kier molecular flexibility index (Phi) is 3.29. The first kappa shape index (κ1) is 12.2. The number of benzene rings is 1. The van der Waals surface area contributed by atoms with Crippen LogP contribution in [0.3, 0.4) is 0 Å². The lowest BCUT2D eigenvalue weighted by molar-refractivity contribution is 0.353. The van der Waals surface area contributed by atoms with Gasteiger partial charge >= 0.3 is 0 Å². The van der Waals surface area contributed by atoms with Gasteiger partial charge in [0.15, 0.2) is 0 Å². The predicted molar refractivity (Wildman–Crippen MR) is 75.1 cm³/mol. The fraction of sp³-hybridized carbons (Fsp3) is 0.571. The Morgan fingerprint density at radius 3 is 2.35 bits per heavy atom. The van der Waals surface area contributed by atoms with Gasteiger partial charge in [-0.15, -0.1) is 0 Å². The highest BCUT2D eigenvalue weighted by atomic mass is 15.2. The minimum absolute atomic E-state index is 0.207. The molecule has 0 atom stereocenters. The van der Waals surface area contributed by atoms with E-state index in [4.69, 9.17) is 0 Å². The SMILES string of the molecule is CN(C)c1ccc(N2CCNC(C)(C)C2)cc1. The van der Waals surface area contributed by atoms with Crippen LogP contribution in [0.25, 0.3) is 0 Å². The molecule has 3 heteroatoms. The number of rotatable bonds is 2. The zero-order chi connectivity index (χ0) is 12.5. The Balaban J connectivity index is 2.12. The first-order valence-corrected chi connectivity index (χ1v) is 6.25. The number of nitrogens with one attached hydrogen (secondary N) is 1. The molecule has 0 amide bonds. The van der Waals surface area contributed by atoms with Crippen LogP contribution in [0.5, 0.6) is 0 Å². The number of nitrogens with zero attached hydrogens (tertiary/aromatic N) is 2. The van der Waals surface area contributed by atoms with Crippen molar-refractivity contribution < 1.29 is 0 Å². The van der Waals surface area contributed by atoms with E-state index in [-0.39, 0.29) is 5.54 Å². The van der Waals surface area contributed by atoms with Crippen LogP contribution in [0.4, 0.5) is 11.4 Å². The maximum Gasteiger partial charge on any atom is 0.0368 e. The van der Waals surface area contributed by atoms with Crippen molar-refractivity contribution in [3.63, 3.8) is 0 Å². The Hall–Kier alpha value is -1.22. The summed E-state index contributed by atoms with van der Waals surface area (Å²) in [4.78, 5) is 4.58. The fourth-order valence-corrected chi connectivity index (χ4v) is 2.32. The Bertz CT molecular complexity index is 368. The lowest BCUT2D eigenvalue weighted by Gasteiger charge is -2.40. The first-order valence-electron chi connectivity index (χ1n) is 6.25. The Morgan fingerprint density at radius 1 is 1.18 bits per heavy atom. The number of hydrogen-bond donors (Lipinski definition) is 1. The maximum atomic E-state index is 3.54. The molecule has 0 saturated carbocycles. The third kappa shape index (κ3) is 2.91. The van der Waals surface area contributed by atoms with Crippen molar-refractivity contribution in [2.45, 2.75) is 19.4 Å². The Morgan fingerprint density at radius 2 is 1.82 bits per heavy atom. The van der Waals surface area contributed by atoms with Gasteiger partial charge in [0.2, 0.25) is 0 Å². The van der Waals surface area contributed by atoms with Crippen LogP contribution < -0.4 is 15.1 Å². The molecule has 1 aromatic carbocycles. The summed E-state index contributed by atoms with van der Waals surface area (Å²) in [7, 11) is 4.14. The van der Waals surface area contributed by atoms with E-state index < -0.39 is 0 Å². The number of hydrogen-bond acceptors (Lipinski definition) is 3. The smallest absolute Gasteiger partial charge is 0.0368 e. The molecule has 2 rings (SSSR count). The average molecular weight is 233 g/mol. The van der Waals surface area contributed by atoms with Crippen LogP contribution in [0.15, 0.2) is 24.3 Å². The molecular formula is C14H23N3. The molecule has 94 valence electrons. The van der Waals surface area contributed by atoms with Gasteiger partial charge < -0.3 is 15.1 Å². The molecule has 1 aromatic rings. The zero-order valence-electron chi connectivity index (χ0n) is 11.3. The van der Waals surface area contributed by atoms with Gasteiger partial charge in [-0.3, -0.25) is 0 Å². The average Bonchev–Trinajstić information content (AvgIpc) is 2.28. The minimum atomic E-state index is 0.207. The molecule has 1 aliphatic rings. The Labute approximate surface area is 104 Å². The van der Waals surface area contributed by atoms with Crippen LogP contribution in [-0.4, -0.2) is 39.3 Å². The van der Waals surface area contributed by atoms with Crippen LogP contribution in [0.2, 0.25) is 0 Å². The summed E-state index contributed by atoms with van der Waals surface area (Å²) in [5.74, 6) is 0. The lowest BCUT2D eigenvalue weighted by Crippen LogP contribution is -2.57. The number of anilines is 2. The van der Waals surface area contributed by atoms with Crippen molar-refractivity contribution in [3.8, 4) is 0 Å². The third-order valence-corrected chi connectivity index (χ3v) is 3.30. The molecule has 0 aliphatic carbocycles. The van der Waals surface area contributed by atoms with E-state index in [9.17, 15) is 0 Å². The molecule has 0 aromatic heterocycles. The van der Waals surface area contributed by atoms with Gasteiger partial charge in [-0.25, -0.2) is 0 Å². The highest BCUT2D eigenvalue weighted by Crippen LogP contribution is 2.22. The number of piperazine rings is 1.